The lowest BCUT2D eigenvalue weighted by atomic mass is 10.1. The Kier molecular flexibility index (Phi) is 4.58. The number of methoxy groups -OCH3 is 1. The first-order valence-electron chi connectivity index (χ1n) is 6.85. The standard InChI is InChI=1S/C15H23ClN2O/c1-10-8-14(17)13(16)9-15(10)18(6-7-19-3)11(2)12-4-5-12/h8-9,11-12H,4-7,17H2,1-3H3. The minimum absolute atomic E-state index is 0.522. The quantitative estimate of drug-likeness (QED) is 0.812. The van der Waals surface area contributed by atoms with Crippen LogP contribution in [-0.2, 0) is 4.74 Å². The molecule has 1 aliphatic carbocycles. The Bertz CT molecular complexity index is 446. The van der Waals surface area contributed by atoms with E-state index < -0.39 is 0 Å². The maximum Gasteiger partial charge on any atom is 0.0656 e. The first-order valence-corrected chi connectivity index (χ1v) is 7.23. The normalized spacial score (nSPS) is 16.4. The second-order valence-electron chi connectivity index (χ2n) is 5.42. The third kappa shape index (κ3) is 3.34. The highest BCUT2D eigenvalue weighted by Crippen LogP contribution is 2.39. The van der Waals surface area contributed by atoms with E-state index in [9.17, 15) is 0 Å². The molecule has 2 N–H and O–H groups in total. The van der Waals surface area contributed by atoms with Crippen molar-refractivity contribution in [2.24, 2.45) is 5.92 Å². The van der Waals surface area contributed by atoms with E-state index in [0.717, 1.165) is 19.1 Å². The minimum atomic E-state index is 0.522. The molecule has 2 rings (SSSR count). The molecule has 0 saturated heterocycles. The van der Waals surface area contributed by atoms with Gasteiger partial charge < -0.3 is 15.4 Å². The van der Waals surface area contributed by atoms with Crippen molar-refractivity contribution in [3.05, 3.63) is 22.7 Å². The molecular formula is C15H23ClN2O. The van der Waals surface area contributed by atoms with Gasteiger partial charge in [-0.15, -0.1) is 0 Å². The molecule has 1 aliphatic rings. The van der Waals surface area contributed by atoms with Gasteiger partial charge in [0, 0.05) is 25.4 Å². The number of nitrogen functional groups attached to an aromatic ring is 1. The SMILES string of the molecule is COCCN(c1cc(Cl)c(N)cc1C)C(C)C1CC1. The van der Waals surface area contributed by atoms with E-state index in [1.54, 1.807) is 7.11 Å². The van der Waals surface area contributed by atoms with Crippen molar-refractivity contribution < 1.29 is 4.74 Å². The molecular weight excluding hydrogens is 260 g/mol. The highest BCUT2D eigenvalue weighted by Gasteiger charge is 2.32. The molecule has 0 aromatic heterocycles. The molecule has 3 nitrogen and oxygen atoms in total. The van der Waals surface area contributed by atoms with Gasteiger partial charge in [-0.3, -0.25) is 0 Å². The van der Waals surface area contributed by atoms with Crippen molar-refractivity contribution >= 4 is 23.0 Å². The van der Waals surface area contributed by atoms with Crippen LogP contribution in [0, 0.1) is 12.8 Å². The van der Waals surface area contributed by atoms with Gasteiger partial charge in [0.15, 0.2) is 0 Å². The molecule has 1 atom stereocenters. The Labute approximate surface area is 120 Å². The van der Waals surface area contributed by atoms with E-state index in [0.29, 0.717) is 16.8 Å². The summed E-state index contributed by atoms with van der Waals surface area (Å²) in [5.41, 5.74) is 8.86. The largest absolute Gasteiger partial charge is 0.398 e. The van der Waals surface area contributed by atoms with E-state index >= 15 is 0 Å². The molecule has 1 aromatic carbocycles. The van der Waals surface area contributed by atoms with E-state index in [2.05, 4.69) is 18.7 Å². The predicted molar refractivity (Wildman–Crippen MR) is 82.0 cm³/mol. The zero-order valence-corrected chi connectivity index (χ0v) is 12.7. The zero-order valence-electron chi connectivity index (χ0n) is 11.9. The smallest absolute Gasteiger partial charge is 0.0656 e. The van der Waals surface area contributed by atoms with Crippen molar-refractivity contribution in [1.29, 1.82) is 0 Å². The lowest BCUT2D eigenvalue weighted by molar-refractivity contribution is 0.202. The molecule has 1 aromatic rings. The number of hydrogen-bond donors (Lipinski definition) is 1. The van der Waals surface area contributed by atoms with E-state index in [-0.39, 0.29) is 0 Å². The number of ether oxygens (including phenoxy) is 1. The Morgan fingerprint density at radius 3 is 2.74 bits per heavy atom. The average Bonchev–Trinajstić information content (AvgIpc) is 3.19. The molecule has 106 valence electrons. The van der Waals surface area contributed by atoms with Gasteiger partial charge >= 0.3 is 0 Å². The summed E-state index contributed by atoms with van der Waals surface area (Å²) >= 11 is 6.18. The second-order valence-corrected chi connectivity index (χ2v) is 5.83. The number of aryl methyl sites for hydroxylation is 1. The Balaban J connectivity index is 2.28. The molecule has 0 heterocycles. The zero-order chi connectivity index (χ0) is 14.0. The maximum absolute atomic E-state index is 6.18. The van der Waals surface area contributed by atoms with Crippen molar-refractivity contribution in [2.45, 2.75) is 32.7 Å². The van der Waals surface area contributed by atoms with Crippen LogP contribution in [0.25, 0.3) is 0 Å². The highest BCUT2D eigenvalue weighted by molar-refractivity contribution is 6.33. The number of hydrogen-bond acceptors (Lipinski definition) is 3. The van der Waals surface area contributed by atoms with Crippen LogP contribution in [0.1, 0.15) is 25.3 Å². The third-order valence-corrected chi connectivity index (χ3v) is 4.28. The van der Waals surface area contributed by atoms with E-state index in [1.807, 2.05) is 12.1 Å². The maximum atomic E-state index is 6.18. The fourth-order valence-electron chi connectivity index (χ4n) is 2.57. The minimum Gasteiger partial charge on any atom is -0.398 e. The van der Waals surface area contributed by atoms with Crippen LogP contribution in [0.5, 0.6) is 0 Å². The topological polar surface area (TPSA) is 38.5 Å². The summed E-state index contributed by atoms with van der Waals surface area (Å²) in [6, 6.07) is 4.46. The van der Waals surface area contributed by atoms with Gasteiger partial charge in [-0.1, -0.05) is 11.6 Å². The van der Waals surface area contributed by atoms with Crippen molar-refractivity contribution in [3.63, 3.8) is 0 Å². The van der Waals surface area contributed by atoms with Gasteiger partial charge in [0.05, 0.1) is 17.3 Å². The van der Waals surface area contributed by atoms with Crippen LogP contribution >= 0.6 is 11.6 Å². The second kappa shape index (κ2) is 6.02. The molecule has 1 unspecified atom stereocenters. The van der Waals surface area contributed by atoms with Gasteiger partial charge in [-0.2, -0.15) is 0 Å². The lowest BCUT2D eigenvalue weighted by Crippen LogP contribution is -2.37. The van der Waals surface area contributed by atoms with Gasteiger partial charge in [-0.05, 0) is 50.3 Å². The number of nitrogens with zero attached hydrogens (tertiary/aromatic N) is 1. The van der Waals surface area contributed by atoms with Crippen LogP contribution in [0.4, 0.5) is 11.4 Å². The molecule has 4 heteroatoms. The summed E-state index contributed by atoms with van der Waals surface area (Å²) < 4.78 is 5.24. The van der Waals surface area contributed by atoms with Gasteiger partial charge in [0.2, 0.25) is 0 Å². The molecule has 19 heavy (non-hydrogen) atoms. The first kappa shape index (κ1) is 14.5. The van der Waals surface area contributed by atoms with Gasteiger partial charge in [-0.25, -0.2) is 0 Å². The summed E-state index contributed by atoms with van der Waals surface area (Å²) in [6.07, 6.45) is 2.65. The Morgan fingerprint density at radius 1 is 1.47 bits per heavy atom. The summed E-state index contributed by atoms with van der Waals surface area (Å²) in [6.45, 7) is 5.98. The van der Waals surface area contributed by atoms with Crippen LogP contribution in [0.3, 0.4) is 0 Å². The highest BCUT2D eigenvalue weighted by atomic mass is 35.5. The van der Waals surface area contributed by atoms with Crippen LogP contribution in [-0.4, -0.2) is 26.3 Å². The summed E-state index contributed by atoms with van der Waals surface area (Å²) in [5, 5.41) is 0.631. The fourth-order valence-corrected chi connectivity index (χ4v) is 2.73. The third-order valence-electron chi connectivity index (χ3n) is 3.96. The van der Waals surface area contributed by atoms with E-state index in [4.69, 9.17) is 22.1 Å². The average molecular weight is 283 g/mol. The van der Waals surface area contributed by atoms with Crippen molar-refractivity contribution in [2.75, 3.05) is 30.9 Å². The number of halogens is 1. The van der Waals surface area contributed by atoms with Crippen molar-refractivity contribution in [1.82, 2.24) is 0 Å². The lowest BCUT2D eigenvalue weighted by Gasteiger charge is -2.33. The molecule has 0 amide bonds. The predicted octanol–water partition coefficient (Wildman–Crippen LogP) is 3.48. The number of benzene rings is 1. The first-order chi connectivity index (χ1) is 9.04. The molecule has 0 aliphatic heterocycles. The number of nitrogens with two attached hydrogens (primary N) is 1. The van der Waals surface area contributed by atoms with Crippen molar-refractivity contribution in [3.8, 4) is 0 Å². The molecule has 0 bridgehead atoms. The van der Waals surface area contributed by atoms with Crippen LogP contribution < -0.4 is 10.6 Å². The Hall–Kier alpha value is -0.930. The Morgan fingerprint density at radius 2 is 2.16 bits per heavy atom. The number of anilines is 2. The molecule has 0 spiro atoms. The molecule has 1 saturated carbocycles. The van der Waals surface area contributed by atoms with E-state index in [1.165, 1.54) is 24.1 Å². The number of rotatable bonds is 6. The molecule has 1 fully saturated rings. The van der Waals surface area contributed by atoms with Crippen LogP contribution in [0.15, 0.2) is 12.1 Å². The summed E-state index contributed by atoms with van der Waals surface area (Å²) in [7, 11) is 1.74. The summed E-state index contributed by atoms with van der Waals surface area (Å²) in [5.74, 6) is 0.799. The summed E-state index contributed by atoms with van der Waals surface area (Å²) in [4.78, 5) is 2.40. The van der Waals surface area contributed by atoms with Gasteiger partial charge in [0.1, 0.15) is 0 Å². The fraction of sp³-hybridized carbons (Fsp3) is 0.600. The monoisotopic (exact) mass is 282 g/mol. The van der Waals surface area contributed by atoms with Crippen LogP contribution in [0.2, 0.25) is 5.02 Å². The van der Waals surface area contributed by atoms with Gasteiger partial charge in [0.25, 0.3) is 0 Å². The molecule has 0 radical (unpaired) electrons.